The molecule has 0 saturated carbocycles. The molecule has 24 heavy (non-hydrogen) atoms. The van der Waals surface area contributed by atoms with E-state index in [9.17, 15) is 4.79 Å². The van der Waals surface area contributed by atoms with E-state index in [1.165, 1.54) is 0 Å². The lowest BCUT2D eigenvalue weighted by atomic mass is 10.2. The van der Waals surface area contributed by atoms with Crippen LogP contribution >= 0.6 is 11.6 Å². The van der Waals surface area contributed by atoms with Crippen molar-refractivity contribution in [1.82, 2.24) is 14.8 Å². The van der Waals surface area contributed by atoms with E-state index in [0.29, 0.717) is 22.5 Å². The summed E-state index contributed by atoms with van der Waals surface area (Å²) in [7, 11) is 0. The van der Waals surface area contributed by atoms with Crippen molar-refractivity contribution < 1.29 is 9.21 Å². The van der Waals surface area contributed by atoms with E-state index in [1.807, 2.05) is 24.5 Å². The van der Waals surface area contributed by atoms with Crippen molar-refractivity contribution in [3.05, 3.63) is 52.6 Å². The Kier molecular flexibility index (Phi) is 4.40. The Morgan fingerprint density at radius 1 is 1.25 bits per heavy atom. The zero-order valence-electron chi connectivity index (χ0n) is 13.6. The highest BCUT2D eigenvalue weighted by Gasteiger charge is 2.17. The first-order chi connectivity index (χ1) is 11.4. The van der Waals surface area contributed by atoms with Gasteiger partial charge >= 0.3 is 0 Å². The lowest BCUT2D eigenvalue weighted by Crippen LogP contribution is -2.20. The first-order valence-electron chi connectivity index (χ1n) is 7.46. The quantitative estimate of drug-likeness (QED) is 0.782. The smallest absolute Gasteiger partial charge is 0.249 e. The van der Waals surface area contributed by atoms with Crippen LogP contribution in [0.4, 0.5) is 5.69 Å². The molecule has 0 saturated heterocycles. The van der Waals surface area contributed by atoms with Gasteiger partial charge in [0.15, 0.2) is 0 Å². The van der Waals surface area contributed by atoms with Crippen LogP contribution in [-0.2, 0) is 11.3 Å². The Hall–Kier alpha value is -2.60. The van der Waals surface area contributed by atoms with Crippen molar-refractivity contribution in [2.45, 2.75) is 27.3 Å². The van der Waals surface area contributed by atoms with E-state index in [0.717, 1.165) is 17.0 Å². The van der Waals surface area contributed by atoms with Gasteiger partial charge in [0.2, 0.25) is 17.7 Å². The van der Waals surface area contributed by atoms with E-state index in [4.69, 9.17) is 16.0 Å². The predicted molar refractivity (Wildman–Crippen MR) is 92.0 cm³/mol. The number of hydrogen-bond acceptors (Lipinski definition) is 4. The topological polar surface area (TPSA) is 73.0 Å². The Balaban J connectivity index is 1.80. The molecule has 2 heterocycles. The van der Waals surface area contributed by atoms with Crippen LogP contribution in [0.1, 0.15) is 17.3 Å². The predicted octanol–water partition coefficient (Wildman–Crippen LogP) is 3.76. The number of halogens is 1. The zero-order valence-corrected chi connectivity index (χ0v) is 14.4. The van der Waals surface area contributed by atoms with E-state index in [1.54, 1.807) is 31.2 Å². The fourth-order valence-electron chi connectivity index (χ4n) is 2.58. The molecule has 0 unspecified atom stereocenters. The Morgan fingerprint density at radius 3 is 2.71 bits per heavy atom. The number of carbonyl (C=O) groups excluding carboxylic acids is 1. The zero-order chi connectivity index (χ0) is 17.3. The van der Waals surface area contributed by atoms with E-state index < -0.39 is 0 Å². The summed E-state index contributed by atoms with van der Waals surface area (Å²) in [4.78, 5) is 12.3. The number of nitrogens with zero attached hydrogens (tertiary/aromatic N) is 3. The van der Waals surface area contributed by atoms with Gasteiger partial charge in [-0.3, -0.25) is 4.79 Å². The lowest BCUT2D eigenvalue weighted by molar-refractivity contribution is -0.116. The molecular formula is C17H17ClN4O2. The molecule has 0 spiro atoms. The van der Waals surface area contributed by atoms with Gasteiger partial charge in [-0.1, -0.05) is 17.7 Å². The van der Waals surface area contributed by atoms with Gasteiger partial charge in [0, 0.05) is 29.0 Å². The molecule has 0 aliphatic heterocycles. The molecule has 1 amide bonds. The molecular weight excluding hydrogens is 328 g/mol. The largest absolute Gasteiger partial charge is 0.421 e. The summed E-state index contributed by atoms with van der Waals surface area (Å²) < 4.78 is 7.39. The molecule has 0 radical (unpaired) electrons. The van der Waals surface area contributed by atoms with Gasteiger partial charge in [-0.25, -0.2) is 0 Å². The second kappa shape index (κ2) is 6.49. The monoisotopic (exact) mass is 344 g/mol. The third kappa shape index (κ3) is 3.33. The fraction of sp³-hybridized carbons (Fsp3) is 0.235. The van der Waals surface area contributed by atoms with Gasteiger partial charge in [-0.05, 0) is 38.1 Å². The highest BCUT2D eigenvalue weighted by Crippen LogP contribution is 2.26. The van der Waals surface area contributed by atoms with Crippen molar-refractivity contribution in [2.75, 3.05) is 5.32 Å². The summed E-state index contributed by atoms with van der Waals surface area (Å²) in [6.45, 7) is 5.80. The maximum absolute atomic E-state index is 12.3. The normalized spacial score (nSPS) is 10.8. The SMILES string of the molecule is Cc1nnc(-c2cc(C)n(CC(=O)Nc3cccc(Cl)c3)c2C)o1. The molecule has 7 heteroatoms. The van der Waals surface area contributed by atoms with Gasteiger partial charge in [0.1, 0.15) is 6.54 Å². The number of benzene rings is 1. The van der Waals surface area contributed by atoms with E-state index >= 15 is 0 Å². The van der Waals surface area contributed by atoms with Crippen LogP contribution in [0.5, 0.6) is 0 Å². The molecule has 1 N–H and O–H groups in total. The summed E-state index contributed by atoms with van der Waals surface area (Å²) in [5, 5.41) is 11.3. The van der Waals surface area contributed by atoms with Crippen LogP contribution in [0.2, 0.25) is 5.02 Å². The minimum absolute atomic E-state index is 0.132. The van der Waals surface area contributed by atoms with Crippen molar-refractivity contribution >= 4 is 23.2 Å². The van der Waals surface area contributed by atoms with Crippen LogP contribution in [0.3, 0.4) is 0 Å². The van der Waals surface area contributed by atoms with Crippen LogP contribution in [-0.4, -0.2) is 20.7 Å². The average molecular weight is 345 g/mol. The van der Waals surface area contributed by atoms with E-state index in [-0.39, 0.29) is 12.5 Å². The molecule has 6 nitrogen and oxygen atoms in total. The van der Waals surface area contributed by atoms with Gasteiger partial charge in [-0.2, -0.15) is 0 Å². The minimum atomic E-state index is -0.132. The number of rotatable bonds is 4. The molecule has 0 aliphatic carbocycles. The van der Waals surface area contributed by atoms with Gasteiger partial charge in [0.05, 0.1) is 5.56 Å². The Bertz CT molecular complexity index is 898. The number of hydrogen-bond donors (Lipinski definition) is 1. The summed E-state index contributed by atoms with van der Waals surface area (Å²) in [6, 6.07) is 9.00. The van der Waals surface area contributed by atoms with Gasteiger partial charge in [0.25, 0.3) is 0 Å². The number of carbonyl (C=O) groups is 1. The molecule has 0 atom stereocenters. The highest BCUT2D eigenvalue weighted by molar-refractivity contribution is 6.30. The lowest BCUT2D eigenvalue weighted by Gasteiger charge is -2.10. The second-order valence-electron chi connectivity index (χ2n) is 5.56. The maximum atomic E-state index is 12.3. The molecule has 0 bridgehead atoms. The fourth-order valence-corrected chi connectivity index (χ4v) is 2.77. The summed E-state index contributed by atoms with van der Waals surface area (Å²) in [6.07, 6.45) is 0. The third-order valence-electron chi connectivity index (χ3n) is 3.74. The standard InChI is InChI=1S/C17H17ClN4O2/c1-10-7-15(17-21-20-12(3)24-17)11(2)22(10)9-16(23)19-14-6-4-5-13(18)8-14/h4-8H,9H2,1-3H3,(H,19,23). The molecule has 0 aliphatic rings. The van der Waals surface area contributed by atoms with Gasteiger partial charge in [-0.15, -0.1) is 10.2 Å². The Morgan fingerprint density at radius 2 is 2.04 bits per heavy atom. The molecule has 124 valence electrons. The number of anilines is 1. The van der Waals surface area contributed by atoms with Crippen LogP contribution < -0.4 is 5.32 Å². The first-order valence-corrected chi connectivity index (χ1v) is 7.84. The molecule has 3 aromatic rings. The van der Waals surface area contributed by atoms with Crippen LogP contribution in [0, 0.1) is 20.8 Å². The molecule has 2 aromatic heterocycles. The third-order valence-corrected chi connectivity index (χ3v) is 3.98. The summed E-state index contributed by atoms with van der Waals surface area (Å²) in [5.41, 5.74) is 3.35. The first kappa shape index (κ1) is 16.3. The van der Waals surface area contributed by atoms with E-state index in [2.05, 4.69) is 15.5 Å². The number of aryl methyl sites for hydroxylation is 2. The Labute approximate surface area is 144 Å². The number of amides is 1. The minimum Gasteiger partial charge on any atom is -0.421 e. The molecule has 0 fully saturated rings. The second-order valence-corrected chi connectivity index (χ2v) is 5.99. The summed E-state index contributed by atoms with van der Waals surface area (Å²) in [5.74, 6) is 0.836. The average Bonchev–Trinajstić information content (AvgIpc) is 3.06. The summed E-state index contributed by atoms with van der Waals surface area (Å²) >= 11 is 5.93. The molecule has 1 aromatic carbocycles. The van der Waals surface area contributed by atoms with Gasteiger partial charge < -0.3 is 14.3 Å². The van der Waals surface area contributed by atoms with Crippen molar-refractivity contribution in [1.29, 1.82) is 0 Å². The molecule has 3 rings (SSSR count). The van der Waals surface area contributed by atoms with Crippen molar-refractivity contribution in [3.8, 4) is 11.5 Å². The maximum Gasteiger partial charge on any atom is 0.249 e. The highest BCUT2D eigenvalue weighted by atomic mass is 35.5. The van der Waals surface area contributed by atoms with Crippen molar-refractivity contribution in [3.63, 3.8) is 0 Å². The van der Waals surface area contributed by atoms with Crippen molar-refractivity contribution in [2.24, 2.45) is 0 Å². The van der Waals surface area contributed by atoms with Crippen LogP contribution in [0.25, 0.3) is 11.5 Å². The number of nitrogens with one attached hydrogen (secondary N) is 1. The number of aromatic nitrogens is 3. The van der Waals surface area contributed by atoms with Crippen LogP contribution in [0.15, 0.2) is 34.7 Å².